The minimum atomic E-state index is -4.59. The number of rotatable bonds is 15. The third kappa shape index (κ3) is 8.94. The van der Waals surface area contributed by atoms with Gasteiger partial charge in [-0.25, -0.2) is 0 Å². The lowest BCUT2D eigenvalue weighted by Crippen LogP contribution is -2.38. The predicted molar refractivity (Wildman–Crippen MR) is 163 cm³/mol. The first-order chi connectivity index (χ1) is 21.3. The van der Waals surface area contributed by atoms with E-state index in [4.69, 9.17) is 25.8 Å². The smallest absolute Gasteiger partial charge is 0.422 e. The van der Waals surface area contributed by atoms with Crippen LogP contribution in [-0.4, -0.2) is 53.2 Å². The summed E-state index contributed by atoms with van der Waals surface area (Å²) in [5, 5.41) is 0.210. The van der Waals surface area contributed by atoms with Gasteiger partial charge in [0.05, 0.1) is 24.9 Å². The summed E-state index contributed by atoms with van der Waals surface area (Å²) in [4.78, 5) is 43.8. The van der Waals surface area contributed by atoms with Crippen molar-refractivity contribution in [3.05, 3.63) is 75.4 Å². The fourth-order valence-corrected chi connectivity index (χ4v) is 5.37. The van der Waals surface area contributed by atoms with E-state index in [0.717, 1.165) is 19.3 Å². The molecule has 1 aliphatic carbocycles. The number of Topliss-reactive ketones (excluding diaryl/α,β-unsaturated/α-hetero) is 2. The number of pyridine rings is 2. The van der Waals surface area contributed by atoms with Crippen LogP contribution in [0.15, 0.2) is 53.6 Å². The lowest BCUT2D eigenvalue weighted by molar-refractivity contribution is -0.153. The quantitative estimate of drug-likeness (QED) is 0.161. The van der Waals surface area contributed by atoms with Crippen molar-refractivity contribution in [2.75, 3.05) is 20.3 Å². The van der Waals surface area contributed by atoms with E-state index in [2.05, 4.69) is 4.98 Å². The molecule has 1 saturated carbocycles. The van der Waals surface area contributed by atoms with Gasteiger partial charge in [-0.15, -0.1) is 0 Å². The van der Waals surface area contributed by atoms with Crippen molar-refractivity contribution in [1.82, 2.24) is 9.55 Å². The SMILES string of the molecule is CCCC(=O)c1ccc(CC(=O)C(CCOC2(C)CCC2)n2cc(OC)c(-c3cc(Cl)ccc3OCC(F)(F)F)cc2=O)cn1. The number of methoxy groups -OCH3 is 1. The van der Waals surface area contributed by atoms with E-state index in [0.29, 0.717) is 24.1 Å². The molecule has 1 fully saturated rings. The highest BCUT2D eigenvalue weighted by atomic mass is 35.5. The van der Waals surface area contributed by atoms with Crippen LogP contribution in [0.1, 0.15) is 74.5 Å². The number of ether oxygens (including phenoxy) is 3. The third-order valence-corrected chi connectivity index (χ3v) is 8.05. The summed E-state index contributed by atoms with van der Waals surface area (Å²) in [6.07, 6.45) is 2.32. The van der Waals surface area contributed by atoms with Gasteiger partial charge in [-0.2, -0.15) is 13.2 Å². The highest BCUT2D eigenvalue weighted by Gasteiger charge is 2.34. The zero-order valence-corrected chi connectivity index (χ0v) is 26.2. The average molecular weight is 649 g/mol. The predicted octanol–water partition coefficient (Wildman–Crippen LogP) is 7.20. The average Bonchev–Trinajstić information content (AvgIpc) is 2.98. The Bertz CT molecular complexity index is 1570. The minimum absolute atomic E-state index is 0.0581. The molecule has 0 amide bonds. The highest BCUT2D eigenvalue weighted by Crippen LogP contribution is 2.39. The third-order valence-electron chi connectivity index (χ3n) is 7.81. The standard InChI is InChI=1S/C33H36ClF3N2O6/c1-4-6-27(40)25-9-7-21(18-38-25)15-28(41)26(11-14-45-32(2)12-5-13-32)39-19-30(43-3)24(17-31(39)42)23-16-22(34)8-10-29(23)44-20-33(35,36)37/h7-10,16-19,26H,4-6,11-15,20H2,1-3H3. The number of carbonyl (C=O) groups is 2. The number of aromatic nitrogens is 2. The van der Waals surface area contributed by atoms with Gasteiger partial charge in [-0.05, 0) is 68.9 Å². The number of halogens is 4. The molecule has 2 heterocycles. The molecule has 2 aromatic heterocycles. The summed E-state index contributed by atoms with van der Waals surface area (Å²) in [5.41, 5.74) is 0.318. The second kappa shape index (κ2) is 14.6. The molecular weight excluding hydrogens is 613 g/mol. The molecule has 12 heteroatoms. The number of carbonyl (C=O) groups excluding carboxylic acids is 2. The van der Waals surface area contributed by atoms with Crippen molar-refractivity contribution in [1.29, 1.82) is 0 Å². The van der Waals surface area contributed by atoms with Gasteiger partial charge in [-0.1, -0.05) is 24.6 Å². The van der Waals surface area contributed by atoms with Crippen LogP contribution in [0.2, 0.25) is 5.02 Å². The van der Waals surface area contributed by atoms with Crippen LogP contribution in [-0.2, 0) is 16.0 Å². The van der Waals surface area contributed by atoms with Gasteiger partial charge < -0.3 is 18.8 Å². The Balaban J connectivity index is 1.67. The second-order valence-electron chi connectivity index (χ2n) is 11.4. The Morgan fingerprint density at radius 1 is 1.11 bits per heavy atom. The number of alkyl halides is 3. The number of ketones is 2. The Kier molecular flexibility index (Phi) is 11.1. The number of hydrogen-bond donors (Lipinski definition) is 0. The molecule has 8 nitrogen and oxygen atoms in total. The zero-order chi connectivity index (χ0) is 32.8. The van der Waals surface area contributed by atoms with E-state index in [-0.39, 0.29) is 64.3 Å². The molecule has 3 aromatic rings. The lowest BCUT2D eigenvalue weighted by atomic mass is 9.82. The normalized spacial score (nSPS) is 14.8. The second-order valence-corrected chi connectivity index (χ2v) is 11.8. The summed E-state index contributed by atoms with van der Waals surface area (Å²) < 4.78 is 56.7. The number of nitrogens with zero attached hydrogens (tertiary/aromatic N) is 2. The van der Waals surface area contributed by atoms with E-state index in [1.165, 1.54) is 48.3 Å². The fraction of sp³-hybridized carbons (Fsp3) is 0.455. The van der Waals surface area contributed by atoms with Crippen LogP contribution in [0.25, 0.3) is 11.1 Å². The van der Waals surface area contributed by atoms with Crippen molar-refractivity contribution in [2.45, 2.75) is 76.6 Å². The molecule has 4 rings (SSSR count). The van der Waals surface area contributed by atoms with Crippen LogP contribution in [0.4, 0.5) is 13.2 Å². The summed E-state index contributed by atoms with van der Waals surface area (Å²) in [7, 11) is 1.35. The maximum atomic E-state index is 13.8. The van der Waals surface area contributed by atoms with Crippen LogP contribution in [0.3, 0.4) is 0 Å². The van der Waals surface area contributed by atoms with Crippen molar-refractivity contribution >= 4 is 23.2 Å². The monoisotopic (exact) mass is 648 g/mol. The molecule has 0 saturated heterocycles. The molecule has 45 heavy (non-hydrogen) atoms. The van der Waals surface area contributed by atoms with Gasteiger partial charge in [0.2, 0.25) is 0 Å². The summed E-state index contributed by atoms with van der Waals surface area (Å²) in [5.74, 6) is -0.393. The summed E-state index contributed by atoms with van der Waals surface area (Å²) in [6, 6.07) is 7.54. The molecule has 1 unspecified atom stereocenters. The molecule has 0 bridgehead atoms. The van der Waals surface area contributed by atoms with Crippen LogP contribution >= 0.6 is 11.6 Å². The Morgan fingerprint density at radius 2 is 1.84 bits per heavy atom. The van der Waals surface area contributed by atoms with Gasteiger partial charge in [0.1, 0.15) is 17.2 Å². The first kappa shape index (κ1) is 34.2. The molecule has 1 atom stereocenters. The van der Waals surface area contributed by atoms with E-state index < -0.39 is 24.4 Å². The van der Waals surface area contributed by atoms with Crippen LogP contribution < -0.4 is 15.0 Å². The molecule has 0 radical (unpaired) electrons. The highest BCUT2D eigenvalue weighted by molar-refractivity contribution is 6.31. The van der Waals surface area contributed by atoms with Gasteiger partial charge in [0.25, 0.3) is 5.56 Å². The first-order valence-electron chi connectivity index (χ1n) is 14.8. The van der Waals surface area contributed by atoms with Crippen molar-refractivity contribution < 1.29 is 37.0 Å². The van der Waals surface area contributed by atoms with Crippen molar-refractivity contribution in [3.63, 3.8) is 0 Å². The molecule has 1 aliphatic rings. The Morgan fingerprint density at radius 3 is 2.44 bits per heavy atom. The van der Waals surface area contributed by atoms with Gasteiger partial charge >= 0.3 is 6.18 Å². The van der Waals surface area contributed by atoms with Crippen LogP contribution in [0, 0.1) is 0 Å². The molecule has 0 spiro atoms. The largest absolute Gasteiger partial charge is 0.495 e. The molecule has 242 valence electrons. The maximum absolute atomic E-state index is 13.8. The number of hydrogen-bond acceptors (Lipinski definition) is 7. The van der Waals surface area contributed by atoms with E-state index in [9.17, 15) is 27.6 Å². The minimum Gasteiger partial charge on any atom is -0.495 e. The molecular formula is C33H36ClF3N2O6. The van der Waals surface area contributed by atoms with E-state index in [1.807, 2.05) is 13.8 Å². The lowest BCUT2D eigenvalue weighted by Gasteiger charge is -2.38. The zero-order valence-electron chi connectivity index (χ0n) is 25.4. The Hall–Kier alpha value is -3.70. The number of benzene rings is 1. The van der Waals surface area contributed by atoms with Gasteiger partial charge in [0, 0.05) is 47.9 Å². The fourth-order valence-electron chi connectivity index (χ4n) is 5.20. The molecule has 1 aromatic carbocycles. The van der Waals surface area contributed by atoms with E-state index in [1.54, 1.807) is 12.1 Å². The topological polar surface area (TPSA) is 96.7 Å². The Labute approximate surface area is 264 Å². The van der Waals surface area contributed by atoms with E-state index >= 15 is 0 Å². The maximum Gasteiger partial charge on any atom is 0.422 e. The van der Waals surface area contributed by atoms with Crippen molar-refractivity contribution in [3.8, 4) is 22.6 Å². The van der Waals surface area contributed by atoms with Gasteiger partial charge in [0.15, 0.2) is 18.2 Å². The molecule has 0 N–H and O–H groups in total. The first-order valence-corrected chi connectivity index (χ1v) is 15.1. The summed E-state index contributed by atoms with van der Waals surface area (Å²) in [6.45, 7) is 2.59. The van der Waals surface area contributed by atoms with Gasteiger partial charge in [-0.3, -0.25) is 19.4 Å². The van der Waals surface area contributed by atoms with Crippen molar-refractivity contribution in [2.24, 2.45) is 0 Å². The van der Waals surface area contributed by atoms with Crippen LogP contribution in [0.5, 0.6) is 11.5 Å². The molecule has 0 aliphatic heterocycles. The summed E-state index contributed by atoms with van der Waals surface area (Å²) >= 11 is 6.16.